The van der Waals surface area contributed by atoms with Crippen LogP contribution in [0.15, 0.2) is 224 Å². The molecule has 0 aliphatic heterocycles. The van der Waals surface area contributed by atoms with Crippen LogP contribution in [0.1, 0.15) is 25.0 Å². The van der Waals surface area contributed by atoms with Crippen molar-refractivity contribution < 1.29 is 0 Å². The molecule has 13 rings (SSSR count). The maximum absolute atomic E-state index is 5.60. The van der Waals surface area contributed by atoms with Crippen LogP contribution in [0.2, 0.25) is 0 Å². The van der Waals surface area contributed by atoms with Gasteiger partial charge in [-0.05, 0) is 107 Å². The summed E-state index contributed by atoms with van der Waals surface area (Å²) in [5, 5.41) is 3.56. The van der Waals surface area contributed by atoms with Gasteiger partial charge >= 0.3 is 0 Å². The molecule has 1 aliphatic rings. The van der Waals surface area contributed by atoms with Gasteiger partial charge in [0.15, 0.2) is 5.65 Å². The maximum Gasteiger partial charge on any atom is 0.165 e. The van der Waals surface area contributed by atoms with Crippen molar-refractivity contribution in [2.75, 3.05) is 4.90 Å². The van der Waals surface area contributed by atoms with Crippen molar-refractivity contribution in [3.05, 3.63) is 236 Å². The van der Waals surface area contributed by atoms with Gasteiger partial charge in [-0.2, -0.15) is 0 Å². The monoisotopic (exact) mass is 833 g/mol. The fourth-order valence-corrected chi connectivity index (χ4v) is 10.7. The van der Waals surface area contributed by atoms with Gasteiger partial charge in [0.05, 0.1) is 16.6 Å². The maximum atomic E-state index is 5.60. The van der Waals surface area contributed by atoms with Crippen molar-refractivity contribution in [2.24, 2.45) is 0 Å². The Kier molecular flexibility index (Phi) is 8.18. The number of rotatable bonds is 7. The molecule has 5 heteroatoms. The van der Waals surface area contributed by atoms with Crippen molar-refractivity contribution in [3.8, 4) is 39.6 Å². The number of aromatic nitrogens is 4. The average Bonchev–Trinajstić information content (AvgIpc) is 4.07. The molecule has 0 saturated carbocycles. The Balaban J connectivity index is 1.06. The smallest absolute Gasteiger partial charge is 0.165 e. The summed E-state index contributed by atoms with van der Waals surface area (Å²) in [5.74, 6) is 0.910. The Morgan fingerprint density at radius 2 is 0.908 bits per heavy atom. The summed E-state index contributed by atoms with van der Waals surface area (Å²) in [6, 6.07) is 81.0. The molecule has 1 aliphatic carbocycles. The Labute approximate surface area is 377 Å². The number of imidazole rings is 1. The average molecular weight is 834 g/mol. The minimum atomic E-state index is -0.270. The van der Waals surface area contributed by atoms with Gasteiger partial charge in [-0.1, -0.05) is 153 Å². The summed E-state index contributed by atoms with van der Waals surface area (Å²) >= 11 is 0. The second-order valence-electron chi connectivity index (χ2n) is 17.6. The van der Waals surface area contributed by atoms with Crippen LogP contribution in [0.3, 0.4) is 0 Å². The zero-order valence-electron chi connectivity index (χ0n) is 36.1. The first-order valence-corrected chi connectivity index (χ1v) is 22.4. The van der Waals surface area contributed by atoms with Crippen LogP contribution in [-0.4, -0.2) is 18.7 Å². The standard InChI is InChI=1S/C60H43N5/c1-60(2)52-38-45(62(41-22-10-4-11-23-41)42-24-12-5-13-25-42)32-34-47(52)48-35-33-46(39-53(48)60)63-54-31-19-18-30-49(54)50-36-37-51-56(55(50)63)64(43-26-14-6-15-27-43)59-57(51)65(44-28-16-7-17-29-44)58(61-59)40-20-8-3-9-21-40/h3-39H,1-2H3. The van der Waals surface area contributed by atoms with Crippen molar-refractivity contribution in [3.63, 3.8) is 0 Å². The molecule has 0 radical (unpaired) electrons. The zero-order chi connectivity index (χ0) is 43.2. The molecule has 3 aromatic heterocycles. The van der Waals surface area contributed by atoms with Gasteiger partial charge in [0.2, 0.25) is 0 Å². The van der Waals surface area contributed by atoms with E-state index in [-0.39, 0.29) is 5.41 Å². The molecule has 0 fully saturated rings. The van der Waals surface area contributed by atoms with Crippen LogP contribution >= 0.6 is 0 Å². The number of anilines is 3. The molecule has 0 unspecified atom stereocenters. The second-order valence-corrected chi connectivity index (χ2v) is 17.6. The summed E-state index contributed by atoms with van der Waals surface area (Å²) < 4.78 is 7.26. The van der Waals surface area contributed by atoms with Crippen LogP contribution in [0.4, 0.5) is 17.1 Å². The van der Waals surface area contributed by atoms with E-state index < -0.39 is 0 Å². The lowest BCUT2D eigenvalue weighted by atomic mass is 9.82. The van der Waals surface area contributed by atoms with Gasteiger partial charge in [-0.15, -0.1) is 0 Å². The highest BCUT2D eigenvalue weighted by atomic mass is 15.2. The van der Waals surface area contributed by atoms with Crippen molar-refractivity contribution >= 4 is 60.9 Å². The molecule has 0 atom stereocenters. The van der Waals surface area contributed by atoms with E-state index in [2.05, 4.69) is 257 Å². The molecule has 0 saturated heterocycles. The number of para-hydroxylation sites is 5. The van der Waals surface area contributed by atoms with Crippen molar-refractivity contribution in [2.45, 2.75) is 19.3 Å². The second kappa shape index (κ2) is 14.3. The van der Waals surface area contributed by atoms with Crippen molar-refractivity contribution in [1.29, 1.82) is 0 Å². The van der Waals surface area contributed by atoms with E-state index >= 15 is 0 Å². The SMILES string of the molecule is CC1(C)c2cc(N(c3ccccc3)c3ccccc3)ccc2-c2ccc(-n3c4ccccc4c4ccc5c6c(nc(-c7ccccc7)n6-c6ccccc6)n(-c6ccccc6)c5c43)cc21. The molecular formula is C60H43N5. The first kappa shape index (κ1) is 37.2. The number of nitrogens with zero attached hydrogens (tertiary/aromatic N) is 5. The number of benzene rings is 9. The van der Waals surface area contributed by atoms with Crippen molar-refractivity contribution in [1.82, 2.24) is 18.7 Å². The third kappa shape index (κ3) is 5.55. The van der Waals surface area contributed by atoms with Gasteiger partial charge in [0, 0.05) is 61.3 Å². The molecule has 9 aromatic carbocycles. The van der Waals surface area contributed by atoms with E-state index in [0.717, 1.165) is 73.1 Å². The number of hydrogen-bond donors (Lipinski definition) is 0. The summed E-state index contributed by atoms with van der Waals surface area (Å²) in [7, 11) is 0. The van der Waals surface area contributed by atoms with Gasteiger partial charge in [0.25, 0.3) is 0 Å². The summed E-state index contributed by atoms with van der Waals surface area (Å²) in [4.78, 5) is 7.96. The van der Waals surface area contributed by atoms with E-state index in [1.165, 1.54) is 38.5 Å². The number of hydrogen-bond acceptors (Lipinski definition) is 2. The highest BCUT2D eigenvalue weighted by Gasteiger charge is 2.37. The summed E-state index contributed by atoms with van der Waals surface area (Å²) in [6.45, 7) is 4.77. The van der Waals surface area contributed by atoms with Crippen LogP contribution in [-0.2, 0) is 5.41 Å². The van der Waals surface area contributed by atoms with Gasteiger partial charge < -0.3 is 9.47 Å². The largest absolute Gasteiger partial charge is 0.310 e. The molecule has 5 nitrogen and oxygen atoms in total. The normalized spacial score (nSPS) is 12.9. The summed E-state index contributed by atoms with van der Waals surface area (Å²) in [6.07, 6.45) is 0. The Bertz CT molecular complexity index is 3730. The van der Waals surface area contributed by atoms with Crippen LogP contribution in [0.25, 0.3) is 83.4 Å². The molecule has 0 N–H and O–H groups in total. The highest BCUT2D eigenvalue weighted by Crippen LogP contribution is 2.52. The minimum Gasteiger partial charge on any atom is -0.310 e. The van der Waals surface area contributed by atoms with Gasteiger partial charge in [-0.25, -0.2) is 4.98 Å². The van der Waals surface area contributed by atoms with Gasteiger partial charge in [0.1, 0.15) is 11.3 Å². The van der Waals surface area contributed by atoms with E-state index in [1.807, 2.05) is 0 Å². The predicted molar refractivity (Wildman–Crippen MR) is 270 cm³/mol. The fraction of sp³-hybridized carbons (Fsp3) is 0.0500. The highest BCUT2D eigenvalue weighted by molar-refractivity contribution is 6.23. The van der Waals surface area contributed by atoms with E-state index in [9.17, 15) is 0 Å². The Morgan fingerprint density at radius 3 is 1.57 bits per heavy atom. The minimum absolute atomic E-state index is 0.270. The Hall–Kier alpha value is -8.41. The quantitative estimate of drug-likeness (QED) is 0.160. The molecule has 0 spiro atoms. The lowest BCUT2D eigenvalue weighted by Gasteiger charge is -2.28. The molecule has 12 aromatic rings. The molecule has 3 heterocycles. The van der Waals surface area contributed by atoms with E-state index in [1.54, 1.807) is 0 Å². The first-order valence-electron chi connectivity index (χ1n) is 22.4. The lowest BCUT2D eigenvalue weighted by molar-refractivity contribution is 0.660. The molecule has 0 bridgehead atoms. The number of fused-ring (bicyclic) bond motifs is 10. The molecular weight excluding hydrogens is 791 g/mol. The molecule has 0 amide bonds. The van der Waals surface area contributed by atoms with Crippen LogP contribution in [0, 0.1) is 0 Å². The molecule has 308 valence electrons. The van der Waals surface area contributed by atoms with E-state index in [0.29, 0.717) is 0 Å². The molecule has 65 heavy (non-hydrogen) atoms. The first-order chi connectivity index (χ1) is 32.0. The lowest BCUT2D eigenvalue weighted by Crippen LogP contribution is -2.17. The van der Waals surface area contributed by atoms with Crippen LogP contribution < -0.4 is 4.90 Å². The fourth-order valence-electron chi connectivity index (χ4n) is 10.7. The summed E-state index contributed by atoms with van der Waals surface area (Å²) in [5.41, 5.74) is 18.1. The Morgan fingerprint density at radius 1 is 0.385 bits per heavy atom. The predicted octanol–water partition coefficient (Wildman–Crippen LogP) is 15.5. The third-order valence-electron chi connectivity index (χ3n) is 13.6. The third-order valence-corrected chi connectivity index (χ3v) is 13.6. The van der Waals surface area contributed by atoms with E-state index in [4.69, 9.17) is 4.98 Å². The topological polar surface area (TPSA) is 30.9 Å². The van der Waals surface area contributed by atoms with Crippen LogP contribution in [0.5, 0.6) is 0 Å². The van der Waals surface area contributed by atoms with Gasteiger partial charge in [-0.3, -0.25) is 9.13 Å². The zero-order valence-corrected chi connectivity index (χ0v) is 36.1.